The highest BCUT2D eigenvalue weighted by Gasteiger charge is 2.11. The van der Waals surface area contributed by atoms with E-state index < -0.39 is 0 Å². The molecule has 0 aliphatic rings. The largest absolute Gasteiger partial charge is 0.396 e. The van der Waals surface area contributed by atoms with Crippen molar-refractivity contribution in [2.45, 2.75) is 4.90 Å². The second-order valence-corrected chi connectivity index (χ2v) is 4.27. The number of nitrogens with two attached hydrogens (primary N) is 1. The summed E-state index contributed by atoms with van der Waals surface area (Å²) in [6, 6.07) is 7.59. The lowest BCUT2D eigenvalue weighted by molar-refractivity contribution is 0.102. The maximum Gasteiger partial charge on any atom is 0.275 e. The lowest BCUT2D eigenvalue weighted by Crippen LogP contribution is -2.14. The first-order chi connectivity index (χ1) is 8.20. The summed E-state index contributed by atoms with van der Waals surface area (Å²) >= 11 is 1.61. The van der Waals surface area contributed by atoms with E-state index in [9.17, 15) is 4.79 Å². The monoisotopic (exact) mass is 248 g/mol. The molecule has 2 aromatic rings. The minimum atomic E-state index is -0.293. The summed E-state index contributed by atoms with van der Waals surface area (Å²) in [7, 11) is 0. The van der Waals surface area contributed by atoms with Crippen LogP contribution in [-0.4, -0.2) is 22.4 Å². The van der Waals surface area contributed by atoms with E-state index in [-0.39, 0.29) is 11.6 Å². The lowest BCUT2D eigenvalue weighted by Gasteiger charge is -2.05. The van der Waals surface area contributed by atoms with Crippen LogP contribution in [0.4, 0.5) is 11.4 Å². The van der Waals surface area contributed by atoms with Gasteiger partial charge in [0.25, 0.3) is 5.91 Å². The maximum absolute atomic E-state index is 11.8. The van der Waals surface area contributed by atoms with Gasteiger partial charge in [0, 0.05) is 10.6 Å². The van der Waals surface area contributed by atoms with Gasteiger partial charge in [-0.1, -0.05) is 6.07 Å². The van der Waals surface area contributed by atoms with E-state index in [1.807, 2.05) is 30.5 Å². The van der Waals surface area contributed by atoms with Crippen LogP contribution in [0.2, 0.25) is 0 Å². The SMILES string of the molecule is CSc1cccc(NC(=O)c2[nH]ncc2N)c1. The number of amides is 1. The Hall–Kier alpha value is -1.95. The molecule has 0 unspecified atom stereocenters. The molecule has 4 N–H and O–H groups in total. The quantitative estimate of drug-likeness (QED) is 0.725. The van der Waals surface area contributed by atoms with Crippen LogP contribution in [0, 0.1) is 0 Å². The fraction of sp³-hybridized carbons (Fsp3) is 0.0909. The van der Waals surface area contributed by atoms with Crippen LogP contribution < -0.4 is 11.1 Å². The van der Waals surface area contributed by atoms with Crippen molar-refractivity contribution < 1.29 is 4.79 Å². The summed E-state index contributed by atoms with van der Waals surface area (Å²) in [6.45, 7) is 0. The summed E-state index contributed by atoms with van der Waals surface area (Å²) < 4.78 is 0. The minimum Gasteiger partial charge on any atom is -0.396 e. The summed E-state index contributed by atoms with van der Waals surface area (Å²) in [5.74, 6) is -0.293. The molecule has 2 rings (SSSR count). The molecule has 1 heterocycles. The fourth-order valence-electron chi connectivity index (χ4n) is 1.37. The Kier molecular flexibility index (Phi) is 3.34. The number of hydrogen-bond acceptors (Lipinski definition) is 4. The van der Waals surface area contributed by atoms with E-state index in [0.717, 1.165) is 10.6 Å². The maximum atomic E-state index is 11.8. The predicted molar refractivity (Wildman–Crippen MR) is 69.2 cm³/mol. The first-order valence-corrected chi connectivity index (χ1v) is 6.17. The van der Waals surface area contributed by atoms with Crippen LogP contribution >= 0.6 is 11.8 Å². The van der Waals surface area contributed by atoms with Gasteiger partial charge < -0.3 is 11.1 Å². The van der Waals surface area contributed by atoms with Gasteiger partial charge in [0.2, 0.25) is 0 Å². The van der Waals surface area contributed by atoms with E-state index in [2.05, 4.69) is 15.5 Å². The van der Waals surface area contributed by atoms with Crippen LogP contribution in [0.5, 0.6) is 0 Å². The standard InChI is InChI=1S/C11H12N4OS/c1-17-8-4-2-3-7(5-8)14-11(16)10-9(12)6-13-15-10/h2-6H,12H2,1H3,(H,13,15)(H,14,16). The normalized spacial score (nSPS) is 10.2. The number of benzene rings is 1. The minimum absolute atomic E-state index is 0.277. The van der Waals surface area contributed by atoms with Crippen molar-refractivity contribution in [1.29, 1.82) is 0 Å². The molecule has 0 saturated heterocycles. The average Bonchev–Trinajstić information content (AvgIpc) is 2.76. The molecule has 0 saturated carbocycles. The van der Waals surface area contributed by atoms with Crippen LogP contribution in [-0.2, 0) is 0 Å². The Bertz CT molecular complexity index is 538. The van der Waals surface area contributed by atoms with Gasteiger partial charge in [-0.15, -0.1) is 11.8 Å². The number of carbonyl (C=O) groups is 1. The zero-order valence-electron chi connectivity index (χ0n) is 9.23. The number of aromatic nitrogens is 2. The number of hydrogen-bond donors (Lipinski definition) is 3. The van der Waals surface area contributed by atoms with Gasteiger partial charge in [-0.25, -0.2) is 0 Å². The summed E-state index contributed by atoms with van der Waals surface area (Å²) in [5, 5.41) is 9.02. The van der Waals surface area contributed by atoms with E-state index >= 15 is 0 Å². The molecule has 6 heteroatoms. The first-order valence-electron chi connectivity index (χ1n) is 4.95. The number of nitrogens with zero attached hydrogens (tertiary/aromatic N) is 1. The first kappa shape index (κ1) is 11.5. The number of carbonyl (C=O) groups excluding carboxylic acids is 1. The van der Waals surface area contributed by atoms with Crippen LogP contribution in [0.1, 0.15) is 10.5 Å². The highest BCUT2D eigenvalue weighted by Crippen LogP contribution is 2.19. The molecular formula is C11H12N4OS. The zero-order valence-corrected chi connectivity index (χ0v) is 10.0. The summed E-state index contributed by atoms with van der Waals surface area (Å²) in [4.78, 5) is 12.9. The topological polar surface area (TPSA) is 83.8 Å². The van der Waals surface area contributed by atoms with Crippen molar-refractivity contribution in [2.75, 3.05) is 17.3 Å². The molecule has 17 heavy (non-hydrogen) atoms. The lowest BCUT2D eigenvalue weighted by atomic mass is 10.3. The number of thioether (sulfide) groups is 1. The molecule has 0 atom stereocenters. The van der Waals surface area contributed by atoms with Crippen molar-refractivity contribution >= 4 is 29.0 Å². The highest BCUT2D eigenvalue weighted by molar-refractivity contribution is 7.98. The second-order valence-electron chi connectivity index (χ2n) is 3.39. The molecular weight excluding hydrogens is 236 g/mol. The van der Waals surface area contributed by atoms with Gasteiger partial charge in [-0.3, -0.25) is 9.89 Å². The van der Waals surface area contributed by atoms with Crippen molar-refractivity contribution in [3.8, 4) is 0 Å². The number of aromatic amines is 1. The fourth-order valence-corrected chi connectivity index (χ4v) is 1.83. The zero-order chi connectivity index (χ0) is 12.3. The molecule has 0 aliphatic carbocycles. The van der Waals surface area contributed by atoms with Gasteiger partial charge in [0.15, 0.2) is 0 Å². The molecule has 0 aliphatic heterocycles. The molecule has 1 aromatic heterocycles. The predicted octanol–water partition coefficient (Wildman–Crippen LogP) is 1.97. The Morgan fingerprint density at radius 3 is 3.00 bits per heavy atom. The number of H-pyrrole nitrogens is 1. The molecule has 0 radical (unpaired) electrons. The number of nitrogen functional groups attached to an aromatic ring is 1. The Balaban J connectivity index is 2.16. The number of nitrogens with one attached hydrogen (secondary N) is 2. The van der Waals surface area contributed by atoms with E-state index in [1.165, 1.54) is 6.20 Å². The third-order valence-corrected chi connectivity index (χ3v) is 2.95. The van der Waals surface area contributed by atoms with Gasteiger partial charge in [0.05, 0.1) is 11.9 Å². The number of anilines is 2. The van der Waals surface area contributed by atoms with Crippen molar-refractivity contribution in [3.63, 3.8) is 0 Å². The smallest absolute Gasteiger partial charge is 0.275 e. The molecule has 1 amide bonds. The number of rotatable bonds is 3. The van der Waals surface area contributed by atoms with Gasteiger partial charge in [0.1, 0.15) is 5.69 Å². The third-order valence-electron chi connectivity index (χ3n) is 2.22. The Labute approximate surface area is 103 Å². The van der Waals surface area contributed by atoms with E-state index in [4.69, 9.17) is 5.73 Å². The van der Waals surface area contributed by atoms with Crippen LogP contribution in [0.15, 0.2) is 35.4 Å². The van der Waals surface area contributed by atoms with Gasteiger partial charge in [-0.2, -0.15) is 5.10 Å². The van der Waals surface area contributed by atoms with Gasteiger partial charge >= 0.3 is 0 Å². The Morgan fingerprint density at radius 2 is 2.35 bits per heavy atom. The molecule has 0 bridgehead atoms. The average molecular weight is 248 g/mol. The summed E-state index contributed by atoms with van der Waals surface area (Å²) in [5.41, 5.74) is 6.94. The summed E-state index contributed by atoms with van der Waals surface area (Å²) in [6.07, 6.45) is 3.39. The van der Waals surface area contributed by atoms with Crippen LogP contribution in [0.25, 0.3) is 0 Å². The Morgan fingerprint density at radius 1 is 1.53 bits per heavy atom. The third kappa shape index (κ3) is 2.59. The van der Waals surface area contributed by atoms with E-state index in [1.54, 1.807) is 11.8 Å². The highest BCUT2D eigenvalue weighted by atomic mass is 32.2. The van der Waals surface area contributed by atoms with Crippen molar-refractivity contribution in [2.24, 2.45) is 0 Å². The van der Waals surface area contributed by atoms with Crippen molar-refractivity contribution in [1.82, 2.24) is 10.2 Å². The van der Waals surface area contributed by atoms with E-state index in [0.29, 0.717) is 5.69 Å². The molecule has 0 spiro atoms. The van der Waals surface area contributed by atoms with Gasteiger partial charge in [-0.05, 0) is 24.5 Å². The van der Waals surface area contributed by atoms with Crippen molar-refractivity contribution in [3.05, 3.63) is 36.2 Å². The van der Waals surface area contributed by atoms with Crippen LogP contribution in [0.3, 0.4) is 0 Å². The molecule has 0 fully saturated rings. The molecule has 5 nitrogen and oxygen atoms in total. The molecule has 88 valence electrons. The second kappa shape index (κ2) is 4.92. The molecule has 1 aromatic carbocycles.